The summed E-state index contributed by atoms with van der Waals surface area (Å²) in [6.45, 7) is 16.7. The van der Waals surface area contributed by atoms with Crippen molar-refractivity contribution in [3.05, 3.63) is 69.8 Å². The molecule has 196 valence electrons. The number of unbranched alkanes of at least 4 members (excludes halogenated alkanes) is 1. The number of benzene rings is 1. The summed E-state index contributed by atoms with van der Waals surface area (Å²) in [6.07, 6.45) is 11.4. The first-order valence-corrected chi connectivity index (χ1v) is 16.7. The highest BCUT2D eigenvalue weighted by atomic mass is 28.4. The van der Waals surface area contributed by atoms with E-state index < -0.39 is 8.32 Å². The van der Waals surface area contributed by atoms with Gasteiger partial charge in [-0.1, -0.05) is 76.9 Å². The van der Waals surface area contributed by atoms with E-state index in [4.69, 9.17) is 8.84 Å². The van der Waals surface area contributed by atoms with E-state index >= 15 is 0 Å². The fourth-order valence-corrected chi connectivity index (χ4v) is 7.31. The number of aryl methyl sites for hydroxylation is 1. The molecule has 2 aromatic rings. The Labute approximate surface area is 218 Å². The van der Waals surface area contributed by atoms with Gasteiger partial charge in [-0.3, -0.25) is 0 Å². The summed E-state index contributed by atoms with van der Waals surface area (Å²) in [5.74, 6) is 1.03. The fraction of sp³-hybridized carbons (Fsp3) is 0.581. The number of rotatable bonds is 7. The lowest BCUT2D eigenvalue weighted by molar-refractivity contribution is 0.0329. The van der Waals surface area contributed by atoms with Gasteiger partial charge in [0.2, 0.25) is 0 Å². The van der Waals surface area contributed by atoms with Crippen LogP contribution in [0.15, 0.2) is 51.7 Å². The van der Waals surface area contributed by atoms with E-state index in [1.165, 1.54) is 18.4 Å². The molecular formula is C31H45NO3Si. The van der Waals surface area contributed by atoms with Gasteiger partial charge < -0.3 is 13.7 Å². The smallest absolute Gasteiger partial charge is 0.345 e. The van der Waals surface area contributed by atoms with Crippen molar-refractivity contribution < 1.29 is 8.84 Å². The molecule has 1 aliphatic carbocycles. The highest BCUT2D eigenvalue weighted by Gasteiger charge is 2.52. The first-order chi connectivity index (χ1) is 17.0. The molecule has 1 spiro atoms. The van der Waals surface area contributed by atoms with Crippen LogP contribution in [0.1, 0.15) is 83.1 Å². The van der Waals surface area contributed by atoms with Gasteiger partial charge in [0.05, 0.1) is 22.9 Å². The third-order valence-corrected chi connectivity index (χ3v) is 13.4. The highest BCUT2D eigenvalue weighted by Crippen LogP contribution is 2.51. The molecule has 0 amide bonds. The van der Waals surface area contributed by atoms with Gasteiger partial charge in [-0.2, -0.15) is 0 Å². The maximum absolute atomic E-state index is 12.9. The summed E-state index contributed by atoms with van der Waals surface area (Å²) in [7, 11) is -1.95. The average molecular weight is 508 g/mol. The molecule has 1 aromatic heterocycles. The van der Waals surface area contributed by atoms with Crippen molar-refractivity contribution in [2.45, 2.75) is 109 Å². The molecule has 1 aliphatic heterocycles. The summed E-state index contributed by atoms with van der Waals surface area (Å²) in [5.41, 5.74) is 2.49. The minimum Gasteiger partial charge on any atom is -0.428 e. The van der Waals surface area contributed by atoms with Crippen molar-refractivity contribution >= 4 is 20.1 Å². The van der Waals surface area contributed by atoms with Crippen LogP contribution in [0.5, 0.6) is 0 Å². The summed E-state index contributed by atoms with van der Waals surface area (Å²) in [6, 6.07) is 12.7. The van der Waals surface area contributed by atoms with E-state index in [1.54, 1.807) is 0 Å². The molecule has 5 heteroatoms. The van der Waals surface area contributed by atoms with Crippen molar-refractivity contribution in [1.29, 1.82) is 0 Å². The number of anilines is 1. The second-order valence-corrected chi connectivity index (χ2v) is 17.2. The lowest BCUT2D eigenvalue weighted by Crippen LogP contribution is -2.61. The summed E-state index contributed by atoms with van der Waals surface area (Å²) in [4.78, 5) is 15.4. The normalized spacial score (nSPS) is 24.2. The largest absolute Gasteiger partial charge is 0.428 e. The minimum absolute atomic E-state index is 0.168. The van der Waals surface area contributed by atoms with Crippen LogP contribution in [0.25, 0.3) is 6.08 Å². The Morgan fingerprint density at radius 3 is 2.58 bits per heavy atom. The van der Waals surface area contributed by atoms with E-state index in [0.717, 1.165) is 37.9 Å². The Morgan fingerprint density at radius 2 is 1.92 bits per heavy atom. The maximum Gasteiger partial charge on any atom is 0.345 e. The zero-order valence-electron chi connectivity index (χ0n) is 23.4. The van der Waals surface area contributed by atoms with Crippen LogP contribution in [0.3, 0.4) is 0 Å². The Bertz CT molecular complexity index is 1130. The quantitative estimate of drug-likeness (QED) is 0.355. The van der Waals surface area contributed by atoms with Gasteiger partial charge in [0.15, 0.2) is 8.32 Å². The predicted molar refractivity (Wildman–Crippen MR) is 153 cm³/mol. The van der Waals surface area contributed by atoms with Crippen molar-refractivity contribution in [2.75, 3.05) is 4.90 Å². The van der Waals surface area contributed by atoms with Gasteiger partial charge in [-0.05, 0) is 62.4 Å². The predicted octanol–water partition coefficient (Wildman–Crippen LogP) is 8.10. The molecule has 0 bridgehead atoms. The summed E-state index contributed by atoms with van der Waals surface area (Å²) < 4.78 is 12.7. The van der Waals surface area contributed by atoms with E-state index in [2.05, 4.69) is 94.2 Å². The van der Waals surface area contributed by atoms with Gasteiger partial charge in [-0.15, -0.1) is 0 Å². The molecule has 1 aromatic carbocycles. The van der Waals surface area contributed by atoms with Crippen molar-refractivity contribution in [3.8, 4) is 0 Å². The molecule has 0 radical (unpaired) electrons. The first-order valence-electron chi connectivity index (χ1n) is 13.8. The Morgan fingerprint density at radius 1 is 1.19 bits per heavy atom. The van der Waals surface area contributed by atoms with E-state index in [1.807, 2.05) is 6.92 Å². The van der Waals surface area contributed by atoms with E-state index in [9.17, 15) is 4.79 Å². The van der Waals surface area contributed by atoms with Crippen LogP contribution in [-0.4, -0.2) is 20.0 Å². The zero-order chi connectivity index (χ0) is 26.1. The van der Waals surface area contributed by atoms with Gasteiger partial charge in [0.1, 0.15) is 5.76 Å². The van der Waals surface area contributed by atoms with E-state index in [0.29, 0.717) is 17.2 Å². The Hall–Kier alpha value is -2.11. The molecule has 1 saturated carbocycles. The fourth-order valence-electron chi connectivity index (χ4n) is 5.92. The molecule has 0 saturated heterocycles. The van der Waals surface area contributed by atoms with Gasteiger partial charge >= 0.3 is 5.63 Å². The third-order valence-electron chi connectivity index (χ3n) is 8.88. The van der Waals surface area contributed by atoms with Crippen LogP contribution in [-0.2, 0) is 11.0 Å². The standard InChI is InChI=1S/C31H45NO3Si/c1-8-9-16-26-28(35-36(6,7)30(3,4)5)17-13-19-31(26)20-18-25-27(21-23(2)34-29(25)33)32(31)22-24-14-11-10-12-15-24/h10-12,14-15,18,20-21,26,28H,8-9,13,16-17,19,22H2,1-7H3/t26-,28+,31-/m1/s1. The molecule has 1 fully saturated rings. The second-order valence-electron chi connectivity index (χ2n) is 12.4. The number of hydrogen-bond acceptors (Lipinski definition) is 4. The molecule has 2 aliphatic rings. The van der Waals surface area contributed by atoms with Gasteiger partial charge in [0.25, 0.3) is 0 Å². The molecule has 0 unspecified atom stereocenters. The molecule has 4 nitrogen and oxygen atoms in total. The van der Waals surface area contributed by atoms with Crippen LogP contribution < -0.4 is 10.5 Å². The molecule has 4 rings (SSSR count). The van der Waals surface area contributed by atoms with Crippen molar-refractivity contribution in [3.63, 3.8) is 0 Å². The summed E-state index contributed by atoms with van der Waals surface area (Å²) in [5, 5.41) is 0.168. The van der Waals surface area contributed by atoms with Gasteiger partial charge in [-0.25, -0.2) is 4.79 Å². The van der Waals surface area contributed by atoms with Crippen molar-refractivity contribution in [1.82, 2.24) is 0 Å². The molecule has 0 N–H and O–H groups in total. The highest BCUT2D eigenvalue weighted by molar-refractivity contribution is 6.74. The zero-order valence-corrected chi connectivity index (χ0v) is 24.4. The first kappa shape index (κ1) is 26.9. The van der Waals surface area contributed by atoms with Crippen LogP contribution in [0, 0.1) is 12.8 Å². The molecule has 3 atom stereocenters. The topological polar surface area (TPSA) is 42.7 Å². The van der Waals surface area contributed by atoms with Gasteiger partial charge in [0, 0.05) is 18.5 Å². The van der Waals surface area contributed by atoms with E-state index in [-0.39, 0.29) is 22.3 Å². The molecule has 36 heavy (non-hydrogen) atoms. The third kappa shape index (κ3) is 5.15. The second kappa shape index (κ2) is 10.3. The maximum atomic E-state index is 12.9. The van der Waals surface area contributed by atoms with Crippen LogP contribution in [0.4, 0.5) is 5.69 Å². The average Bonchev–Trinajstić information content (AvgIpc) is 2.80. The van der Waals surface area contributed by atoms with Crippen molar-refractivity contribution in [2.24, 2.45) is 5.92 Å². The Balaban J connectivity index is 1.84. The monoisotopic (exact) mass is 507 g/mol. The number of nitrogens with zero attached hydrogens (tertiary/aromatic N) is 1. The van der Waals surface area contributed by atoms with Crippen LogP contribution in [0.2, 0.25) is 18.1 Å². The molecular weight excluding hydrogens is 462 g/mol. The lowest BCUT2D eigenvalue weighted by atomic mass is 9.66. The van der Waals surface area contributed by atoms with Crippen LogP contribution >= 0.6 is 0 Å². The SMILES string of the molecule is CCCC[C@@H]1[C@@H](O[Si](C)(C)C(C)(C)C)CCC[C@@]12C=Cc1c(cc(C)oc1=O)N2Cc1ccccc1. The Kier molecular flexibility index (Phi) is 7.73. The minimum atomic E-state index is -1.95. The molecule has 2 heterocycles. The number of hydrogen-bond donors (Lipinski definition) is 0. The summed E-state index contributed by atoms with van der Waals surface area (Å²) >= 11 is 0. The number of fused-ring (bicyclic) bond motifs is 1. The lowest BCUT2D eigenvalue weighted by Gasteiger charge is -2.56.